The first-order chi connectivity index (χ1) is 8.19. The first-order valence-electron chi connectivity index (χ1n) is 5.72. The molecule has 1 heterocycles. The first-order valence-corrected chi connectivity index (χ1v) is 7.11. The number of thioether (sulfide) groups is 1. The summed E-state index contributed by atoms with van der Waals surface area (Å²) in [6.07, 6.45) is 4.96. The van der Waals surface area contributed by atoms with Crippen LogP contribution in [0.3, 0.4) is 0 Å². The van der Waals surface area contributed by atoms with Gasteiger partial charge in [0.25, 0.3) is 0 Å². The zero-order valence-electron chi connectivity index (χ0n) is 10.7. The highest BCUT2D eigenvalue weighted by atomic mass is 32.2. The molecule has 3 nitrogen and oxygen atoms in total. The van der Waals surface area contributed by atoms with Crippen molar-refractivity contribution in [3.8, 4) is 6.07 Å². The van der Waals surface area contributed by atoms with Crippen LogP contribution < -0.4 is 0 Å². The molecule has 1 unspecified atom stereocenters. The van der Waals surface area contributed by atoms with Gasteiger partial charge in [-0.25, -0.2) is 4.98 Å². The molecule has 0 aliphatic rings. The minimum absolute atomic E-state index is 0.522. The maximum Gasteiger partial charge on any atom is 0.144 e. The first kappa shape index (κ1) is 14.0. The van der Waals surface area contributed by atoms with Crippen LogP contribution in [0, 0.1) is 11.3 Å². The lowest BCUT2D eigenvalue weighted by molar-refractivity contribution is 0.244. The van der Waals surface area contributed by atoms with Crippen molar-refractivity contribution in [2.45, 2.75) is 25.9 Å². The number of aromatic nitrogens is 1. The summed E-state index contributed by atoms with van der Waals surface area (Å²) >= 11 is 1.87. The molecule has 1 atom stereocenters. The molecular weight excluding hydrogens is 230 g/mol. The lowest BCUT2D eigenvalue weighted by atomic mass is 10.1. The van der Waals surface area contributed by atoms with Crippen molar-refractivity contribution in [3.63, 3.8) is 0 Å². The Bertz CT molecular complexity index is 386. The highest BCUT2D eigenvalue weighted by Gasteiger charge is 2.11. The summed E-state index contributed by atoms with van der Waals surface area (Å²) in [5, 5.41) is 8.98. The molecule has 0 fully saturated rings. The van der Waals surface area contributed by atoms with E-state index in [1.165, 1.54) is 12.2 Å². The van der Waals surface area contributed by atoms with Gasteiger partial charge in [0.2, 0.25) is 0 Å². The van der Waals surface area contributed by atoms with Crippen molar-refractivity contribution in [2.75, 3.05) is 19.1 Å². The Labute approximate surface area is 108 Å². The zero-order chi connectivity index (χ0) is 12.7. The topological polar surface area (TPSA) is 39.9 Å². The van der Waals surface area contributed by atoms with Crippen LogP contribution in [0.5, 0.6) is 0 Å². The van der Waals surface area contributed by atoms with Crippen LogP contribution in [-0.4, -0.2) is 35.0 Å². The monoisotopic (exact) mass is 249 g/mol. The number of pyridine rings is 1. The second-order valence-electron chi connectivity index (χ2n) is 4.17. The van der Waals surface area contributed by atoms with Gasteiger partial charge in [0.15, 0.2) is 0 Å². The van der Waals surface area contributed by atoms with Crippen LogP contribution >= 0.6 is 11.8 Å². The highest BCUT2D eigenvalue weighted by Crippen LogP contribution is 2.12. The second-order valence-corrected chi connectivity index (χ2v) is 5.15. The van der Waals surface area contributed by atoms with E-state index < -0.39 is 0 Å². The third-order valence-electron chi connectivity index (χ3n) is 2.91. The van der Waals surface area contributed by atoms with Gasteiger partial charge in [-0.15, -0.1) is 0 Å². The summed E-state index contributed by atoms with van der Waals surface area (Å²) in [4.78, 5) is 6.35. The van der Waals surface area contributed by atoms with E-state index in [9.17, 15) is 0 Å². The second kappa shape index (κ2) is 7.31. The zero-order valence-corrected chi connectivity index (χ0v) is 11.5. The number of hydrogen-bond donors (Lipinski definition) is 0. The molecule has 1 rings (SSSR count). The largest absolute Gasteiger partial charge is 0.299 e. The molecular formula is C13H19N3S. The van der Waals surface area contributed by atoms with Crippen LogP contribution in [0.2, 0.25) is 0 Å². The van der Waals surface area contributed by atoms with Gasteiger partial charge in [0.05, 0.1) is 0 Å². The molecule has 0 bridgehead atoms. The normalized spacial score (nSPS) is 12.4. The summed E-state index contributed by atoms with van der Waals surface area (Å²) in [6, 6.07) is 6.52. The maximum absolute atomic E-state index is 8.98. The molecule has 0 amide bonds. The van der Waals surface area contributed by atoms with E-state index in [0.717, 1.165) is 12.1 Å². The van der Waals surface area contributed by atoms with Crippen LogP contribution in [-0.2, 0) is 6.54 Å². The van der Waals surface area contributed by atoms with E-state index in [2.05, 4.69) is 36.2 Å². The van der Waals surface area contributed by atoms with Crippen molar-refractivity contribution >= 4 is 11.8 Å². The van der Waals surface area contributed by atoms with Crippen molar-refractivity contribution in [3.05, 3.63) is 29.6 Å². The molecule has 0 aromatic carbocycles. The molecule has 0 saturated heterocycles. The lowest BCUT2D eigenvalue weighted by Gasteiger charge is -2.24. The third-order valence-corrected chi connectivity index (χ3v) is 3.55. The molecule has 0 aliphatic heterocycles. The molecule has 92 valence electrons. The summed E-state index contributed by atoms with van der Waals surface area (Å²) in [5.74, 6) is 1.17. The maximum atomic E-state index is 8.98. The van der Waals surface area contributed by atoms with Gasteiger partial charge in [0, 0.05) is 24.3 Å². The Morgan fingerprint density at radius 3 is 3.00 bits per heavy atom. The fraction of sp³-hybridized carbons (Fsp3) is 0.538. The Balaban J connectivity index is 2.61. The van der Waals surface area contributed by atoms with Gasteiger partial charge < -0.3 is 0 Å². The fourth-order valence-corrected chi connectivity index (χ4v) is 2.18. The molecule has 1 aromatic rings. The van der Waals surface area contributed by atoms with Crippen molar-refractivity contribution in [1.82, 2.24) is 9.88 Å². The van der Waals surface area contributed by atoms with E-state index in [0.29, 0.717) is 11.7 Å². The van der Waals surface area contributed by atoms with Crippen LogP contribution in [0.25, 0.3) is 0 Å². The van der Waals surface area contributed by atoms with Crippen molar-refractivity contribution in [2.24, 2.45) is 0 Å². The molecule has 0 aliphatic carbocycles. The highest BCUT2D eigenvalue weighted by molar-refractivity contribution is 7.98. The average molecular weight is 249 g/mol. The Kier molecular flexibility index (Phi) is 6.03. The number of hydrogen-bond acceptors (Lipinski definition) is 4. The van der Waals surface area contributed by atoms with Crippen molar-refractivity contribution in [1.29, 1.82) is 5.26 Å². The van der Waals surface area contributed by atoms with E-state index in [-0.39, 0.29) is 0 Å². The fourth-order valence-electron chi connectivity index (χ4n) is 1.60. The van der Waals surface area contributed by atoms with E-state index in [1.54, 1.807) is 6.20 Å². The average Bonchev–Trinajstić information content (AvgIpc) is 2.36. The molecule has 1 aromatic heterocycles. The number of nitrogens with zero attached hydrogens (tertiary/aromatic N) is 3. The van der Waals surface area contributed by atoms with E-state index >= 15 is 0 Å². The molecule has 4 heteroatoms. The molecule has 0 saturated carbocycles. The summed E-state index contributed by atoms with van der Waals surface area (Å²) < 4.78 is 0. The van der Waals surface area contributed by atoms with Gasteiger partial charge >= 0.3 is 0 Å². The van der Waals surface area contributed by atoms with Gasteiger partial charge in [0.1, 0.15) is 11.8 Å². The minimum Gasteiger partial charge on any atom is -0.299 e. The molecule has 17 heavy (non-hydrogen) atoms. The van der Waals surface area contributed by atoms with E-state index in [4.69, 9.17) is 5.26 Å². The van der Waals surface area contributed by atoms with Crippen molar-refractivity contribution < 1.29 is 0 Å². The number of rotatable bonds is 6. The molecule has 0 spiro atoms. The third kappa shape index (κ3) is 4.37. The summed E-state index contributed by atoms with van der Waals surface area (Å²) in [5.41, 5.74) is 1.55. The smallest absolute Gasteiger partial charge is 0.144 e. The van der Waals surface area contributed by atoms with Gasteiger partial charge in [-0.05, 0) is 38.5 Å². The quantitative estimate of drug-likeness (QED) is 0.776. The predicted molar refractivity (Wildman–Crippen MR) is 72.9 cm³/mol. The van der Waals surface area contributed by atoms with Gasteiger partial charge in [-0.1, -0.05) is 6.07 Å². The van der Waals surface area contributed by atoms with Crippen LogP contribution in [0.15, 0.2) is 18.3 Å². The Morgan fingerprint density at radius 2 is 2.35 bits per heavy atom. The molecule has 0 N–H and O–H groups in total. The SMILES string of the molecule is CSCCC(C)N(C)Cc1cccnc1C#N. The van der Waals surface area contributed by atoms with Gasteiger partial charge in [-0.3, -0.25) is 4.90 Å². The van der Waals surface area contributed by atoms with Gasteiger partial charge in [-0.2, -0.15) is 17.0 Å². The standard InChI is InChI=1S/C13H19N3S/c1-11(6-8-17-3)16(2)10-12-5-4-7-15-13(12)9-14/h4-5,7,11H,6,8,10H2,1-3H3. The number of nitriles is 1. The predicted octanol–water partition coefficient (Wildman–Crippen LogP) is 2.53. The summed E-state index contributed by atoms with van der Waals surface area (Å²) in [7, 11) is 2.10. The Morgan fingerprint density at radius 1 is 1.59 bits per heavy atom. The summed E-state index contributed by atoms with van der Waals surface area (Å²) in [6.45, 7) is 3.00. The van der Waals surface area contributed by atoms with Crippen LogP contribution in [0.1, 0.15) is 24.6 Å². The van der Waals surface area contributed by atoms with E-state index in [1.807, 2.05) is 23.9 Å². The van der Waals surface area contributed by atoms with Crippen LogP contribution in [0.4, 0.5) is 0 Å². The minimum atomic E-state index is 0.522. The Hall–Kier alpha value is -1.05. The molecule has 0 radical (unpaired) electrons. The lowest BCUT2D eigenvalue weighted by Crippen LogP contribution is -2.29.